The summed E-state index contributed by atoms with van der Waals surface area (Å²) in [4.78, 5) is 0. The molecule has 108 valence electrons. The van der Waals surface area contributed by atoms with E-state index in [-0.39, 0.29) is 18.5 Å². The minimum Gasteiger partial charge on any atom is -0.487 e. The first-order valence-corrected chi connectivity index (χ1v) is 6.38. The van der Waals surface area contributed by atoms with Crippen LogP contribution in [0.3, 0.4) is 0 Å². The first-order chi connectivity index (χ1) is 8.91. The van der Waals surface area contributed by atoms with Gasteiger partial charge < -0.3 is 15.2 Å². The fraction of sp³-hybridized carbons (Fsp3) is 0.571. The third-order valence-corrected chi connectivity index (χ3v) is 2.93. The lowest BCUT2D eigenvalue weighted by Gasteiger charge is -2.31. The molecule has 1 aromatic rings. The molecule has 0 aliphatic carbocycles. The van der Waals surface area contributed by atoms with Crippen LogP contribution in [-0.2, 0) is 0 Å². The normalized spacial score (nSPS) is 15.9. The number of hydrogen-bond donors (Lipinski definition) is 2. The van der Waals surface area contributed by atoms with E-state index in [4.69, 9.17) is 4.74 Å². The van der Waals surface area contributed by atoms with E-state index in [1.165, 1.54) is 12.1 Å². The Morgan fingerprint density at radius 1 is 1.42 bits per heavy atom. The minimum atomic E-state index is -0.983. The fourth-order valence-corrected chi connectivity index (χ4v) is 2.09. The van der Waals surface area contributed by atoms with Crippen molar-refractivity contribution >= 4 is 0 Å². The number of halogens is 2. The highest BCUT2D eigenvalue weighted by molar-refractivity contribution is 5.25. The molecule has 0 saturated carbocycles. The maximum atomic E-state index is 13.5. The topological polar surface area (TPSA) is 41.5 Å². The van der Waals surface area contributed by atoms with Crippen molar-refractivity contribution in [1.29, 1.82) is 0 Å². The van der Waals surface area contributed by atoms with E-state index < -0.39 is 17.2 Å². The summed E-state index contributed by atoms with van der Waals surface area (Å²) in [5, 5.41) is 12.5. The first kappa shape index (κ1) is 15.9. The van der Waals surface area contributed by atoms with Gasteiger partial charge in [-0.25, -0.2) is 4.39 Å². The fourth-order valence-electron chi connectivity index (χ4n) is 2.09. The Hall–Kier alpha value is -1.20. The lowest BCUT2D eigenvalue weighted by Crippen LogP contribution is -2.48. The number of nitrogens with one attached hydrogen (secondary N) is 1. The molecule has 0 heterocycles. The summed E-state index contributed by atoms with van der Waals surface area (Å²) < 4.78 is 31.9. The Morgan fingerprint density at radius 2 is 2.11 bits per heavy atom. The molecule has 0 fully saturated rings. The standard InChI is InChI=1S/C14H21F2NO2/c1-4-17-14(3,9-18)8-10(2)19-12-7-5-6-11(15)13(12)16/h5-7,10,17-18H,4,8-9H2,1-3H3. The summed E-state index contributed by atoms with van der Waals surface area (Å²) in [6, 6.07) is 3.83. The highest BCUT2D eigenvalue weighted by atomic mass is 19.2. The molecule has 0 radical (unpaired) electrons. The maximum absolute atomic E-state index is 13.5. The summed E-state index contributed by atoms with van der Waals surface area (Å²) >= 11 is 0. The van der Waals surface area contributed by atoms with Gasteiger partial charge in [0.25, 0.3) is 0 Å². The van der Waals surface area contributed by atoms with Crippen LogP contribution in [0, 0.1) is 11.6 Å². The number of rotatable bonds is 7. The zero-order chi connectivity index (χ0) is 14.5. The van der Waals surface area contributed by atoms with Gasteiger partial charge in [0.1, 0.15) is 0 Å². The quantitative estimate of drug-likeness (QED) is 0.802. The lowest BCUT2D eigenvalue weighted by molar-refractivity contribution is 0.108. The van der Waals surface area contributed by atoms with Gasteiger partial charge in [0.15, 0.2) is 11.6 Å². The molecule has 1 aromatic carbocycles. The van der Waals surface area contributed by atoms with E-state index >= 15 is 0 Å². The molecule has 0 bridgehead atoms. The van der Waals surface area contributed by atoms with E-state index in [2.05, 4.69) is 5.32 Å². The first-order valence-electron chi connectivity index (χ1n) is 6.38. The number of aliphatic hydroxyl groups excluding tert-OH is 1. The van der Waals surface area contributed by atoms with Crippen LogP contribution >= 0.6 is 0 Å². The van der Waals surface area contributed by atoms with Crippen molar-refractivity contribution in [3.05, 3.63) is 29.8 Å². The zero-order valence-corrected chi connectivity index (χ0v) is 11.5. The van der Waals surface area contributed by atoms with Crippen molar-refractivity contribution in [1.82, 2.24) is 5.32 Å². The molecular weight excluding hydrogens is 252 g/mol. The van der Waals surface area contributed by atoms with Gasteiger partial charge in [0.05, 0.1) is 12.7 Å². The van der Waals surface area contributed by atoms with Crippen LogP contribution in [0.4, 0.5) is 8.78 Å². The Balaban J connectivity index is 2.69. The van der Waals surface area contributed by atoms with Crippen molar-refractivity contribution in [2.24, 2.45) is 0 Å². The van der Waals surface area contributed by atoms with Crippen molar-refractivity contribution < 1.29 is 18.6 Å². The van der Waals surface area contributed by atoms with Gasteiger partial charge in [-0.05, 0) is 32.5 Å². The Bertz CT molecular complexity index is 414. The molecule has 2 atom stereocenters. The summed E-state index contributed by atoms with van der Waals surface area (Å²) in [5.41, 5.74) is -0.502. The molecule has 0 saturated heterocycles. The molecule has 19 heavy (non-hydrogen) atoms. The second kappa shape index (κ2) is 6.82. The van der Waals surface area contributed by atoms with Gasteiger partial charge in [-0.1, -0.05) is 13.0 Å². The van der Waals surface area contributed by atoms with Crippen molar-refractivity contribution in [2.45, 2.75) is 38.8 Å². The maximum Gasteiger partial charge on any atom is 0.200 e. The number of aliphatic hydroxyl groups is 1. The van der Waals surface area contributed by atoms with E-state index in [1.54, 1.807) is 6.92 Å². The Kier molecular flexibility index (Phi) is 5.69. The molecule has 0 amide bonds. The molecule has 0 aromatic heterocycles. The summed E-state index contributed by atoms with van der Waals surface area (Å²) in [6.07, 6.45) is 0.125. The second-order valence-corrected chi connectivity index (χ2v) is 4.93. The molecule has 2 unspecified atom stereocenters. The highest BCUT2D eigenvalue weighted by Crippen LogP contribution is 2.23. The lowest BCUT2D eigenvalue weighted by atomic mass is 9.95. The van der Waals surface area contributed by atoms with Gasteiger partial charge in [0.2, 0.25) is 5.82 Å². The SMILES string of the molecule is CCNC(C)(CO)CC(C)Oc1cccc(F)c1F. The van der Waals surface area contributed by atoms with Gasteiger partial charge in [-0.15, -0.1) is 0 Å². The van der Waals surface area contributed by atoms with Crippen LogP contribution in [0.25, 0.3) is 0 Å². The third kappa shape index (κ3) is 4.44. The van der Waals surface area contributed by atoms with Gasteiger partial charge in [-0.2, -0.15) is 4.39 Å². The smallest absolute Gasteiger partial charge is 0.200 e. The van der Waals surface area contributed by atoms with Crippen LogP contribution in [0.1, 0.15) is 27.2 Å². The molecule has 2 N–H and O–H groups in total. The van der Waals surface area contributed by atoms with E-state index in [0.29, 0.717) is 13.0 Å². The van der Waals surface area contributed by atoms with Crippen LogP contribution in [0.2, 0.25) is 0 Å². The Morgan fingerprint density at radius 3 is 2.68 bits per heavy atom. The van der Waals surface area contributed by atoms with Crippen molar-refractivity contribution in [2.75, 3.05) is 13.2 Å². The molecule has 0 aliphatic heterocycles. The highest BCUT2D eigenvalue weighted by Gasteiger charge is 2.26. The summed E-state index contributed by atoms with van der Waals surface area (Å²) in [5.74, 6) is -2.02. The molecule has 5 heteroatoms. The molecule has 0 aliphatic rings. The van der Waals surface area contributed by atoms with Crippen molar-refractivity contribution in [3.8, 4) is 5.75 Å². The zero-order valence-electron chi connectivity index (χ0n) is 11.5. The number of likely N-dealkylation sites (N-methyl/N-ethyl adjacent to an activating group) is 1. The summed E-state index contributed by atoms with van der Waals surface area (Å²) in [6.45, 7) is 6.21. The molecular formula is C14H21F2NO2. The monoisotopic (exact) mass is 273 g/mol. The van der Waals surface area contributed by atoms with Crippen LogP contribution in [0.5, 0.6) is 5.75 Å². The third-order valence-electron chi connectivity index (χ3n) is 2.93. The minimum absolute atomic E-state index is 0.0554. The average molecular weight is 273 g/mol. The van der Waals surface area contributed by atoms with Gasteiger partial charge in [0, 0.05) is 12.0 Å². The largest absolute Gasteiger partial charge is 0.487 e. The van der Waals surface area contributed by atoms with E-state index in [1.807, 2.05) is 13.8 Å². The molecule has 0 spiro atoms. The predicted octanol–water partition coefficient (Wildman–Crippen LogP) is 2.48. The van der Waals surface area contributed by atoms with Gasteiger partial charge >= 0.3 is 0 Å². The molecule has 3 nitrogen and oxygen atoms in total. The van der Waals surface area contributed by atoms with Crippen LogP contribution in [-0.4, -0.2) is 29.9 Å². The second-order valence-electron chi connectivity index (χ2n) is 4.93. The van der Waals surface area contributed by atoms with E-state index in [9.17, 15) is 13.9 Å². The van der Waals surface area contributed by atoms with Crippen LogP contribution < -0.4 is 10.1 Å². The number of hydrogen-bond acceptors (Lipinski definition) is 3. The van der Waals surface area contributed by atoms with Gasteiger partial charge in [-0.3, -0.25) is 0 Å². The predicted molar refractivity (Wildman–Crippen MR) is 70.2 cm³/mol. The molecule has 1 rings (SSSR count). The Labute approximate surface area is 112 Å². The van der Waals surface area contributed by atoms with Crippen LogP contribution in [0.15, 0.2) is 18.2 Å². The van der Waals surface area contributed by atoms with E-state index in [0.717, 1.165) is 6.07 Å². The van der Waals surface area contributed by atoms with Crippen molar-refractivity contribution in [3.63, 3.8) is 0 Å². The number of ether oxygens (including phenoxy) is 1. The number of benzene rings is 1. The summed E-state index contributed by atoms with van der Waals surface area (Å²) in [7, 11) is 0. The average Bonchev–Trinajstić information content (AvgIpc) is 2.35.